The molecule has 2 rings (SSSR count). The number of aryl methyl sites for hydroxylation is 1. The van der Waals surface area contributed by atoms with Gasteiger partial charge in [-0.1, -0.05) is 6.07 Å². The number of nitrogens with one attached hydrogen (secondary N) is 1. The van der Waals surface area contributed by atoms with Crippen LogP contribution in [0.4, 0.5) is 5.69 Å². The normalized spacial score (nSPS) is 11.2. The monoisotopic (exact) mass is 435 g/mol. The van der Waals surface area contributed by atoms with E-state index in [9.17, 15) is 18.0 Å². The minimum Gasteiger partial charge on any atom is -0.493 e. The molecule has 2 aromatic rings. The molecule has 0 saturated carbocycles. The van der Waals surface area contributed by atoms with Gasteiger partial charge < -0.3 is 19.3 Å². The van der Waals surface area contributed by atoms with Gasteiger partial charge in [0.1, 0.15) is 4.90 Å². The first-order valence-electron chi connectivity index (χ1n) is 8.51. The standard InChI is InChI=1S/C20H21NO8S/c1-12-5-7-14(20(24)29-4)11-15(12)21-30(25,26)17-10-13(6-8-18(22)23)9-16(27-2)19(17)28-3/h5-11,21H,1-4H3,(H,22,23)/b8-6+. The summed E-state index contributed by atoms with van der Waals surface area (Å²) in [6.07, 6.45) is 2.10. The van der Waals surface area contributed by atoms with Gasteiger partial charge in [-0.25, -0.2) is 18.0 Å². The van der Waals surface area contributed by atoms with Crippen molar-refractivity contribution in [3.05, 3.63) is 53.1 Å². The number of benzene rings is 2. The number of methoxy groups -OCH3 is 3. The first-order valence-corrected chi connectivity index (χ1v) is 10.00. The Morgan fingerprint density at radius 2 is 1.77 bits per heavy atom. The lowest BCUT2D eigenvalue weighted by molar-refractivity contribution is -0.131. The average molecular weight is 435 g/mol. The maximum Gasteiger partial charge on any atom is 0.337 e. The zero-order valence-corrected chi connectivity index (χ0v) is 17.6. The Morgan fingerprint density at radius 1 is 1.07 bits per heavy atom. The molecule has 0 spiro atoms. The molecule has 9 nitrogen and oxygen atoms in total. The highest BCUT2D eigenvalue weighted by atomic mass is 32.2. The van der Waals surface area contributed by atoms with Crippen molar-refractivity contribution >= 4 is 33.7 Å². The molecule has 0 amide bonds. The van der Waals surface area contributed by atoms with Gasteiger partial charge in [0.2, 0.25) is 0 Å². The molecule has 30 heavy (non-hydrogen) atoms. The van der Waals surface area contributed by atoms with Crippen molar-refractivity contribution in [1.29, 1.82) is 0 Å². The molecule has 2 N–H and O–H groups in total. The van der Waals surface area contributed by atoms with Gasteiger partial charge in [-0.15, -0.1) is 0 Å². The lowest BCUT2D eigenvalue weighted by atomic mass is 10.1. The second-order valence-electron chi connectivity index (χ2n) is 6.05. The van der Waals surface area contributed by atoms with E-state index in [0.717, 1.165) is 6.08 Å². The largest absolute Gasteiger partial charge is 0.493 e. The molecule has 0 bridgehead atoms. The van der Waals surface area contributed by atoms with Gasteiger partial charge in [0.05, 0.1) is 32.6 Å². The van der Waals surface area contributed by atoms with Crippen LogP contribution in [0.2, 0.25) is 0 Å². The molecule has 0 aliphatic heterocycles. The fourth-order valence-electron chi connectivity index (χ4n) is 2.59. The number of carboxylic acid groups (broad SMARTS) is 1. The summed E-state index contributed by atoms with van der Waals surface area (Å²) in [5.41, 5.74) is 1.18. The van der Waals surface area contributed by atoms with Crippen molar-refractivity contribution in [2.45, 2.75) is 11.8 Å². The Labute approximate surface area is 173 Å². The maximum absolute atomic E-state index is 13.1. The fourth-order valence-corrected chi connectivity index (χ4v) is 3.93. The molecule has 0 saturated heterocycles. The first kappa shape index (κ1) is 22.8. The number of ether oxygens (including phenoxy) is 3. The number of aliphatic carboxylic acids is 1. The molecule has 0 atom stereocenters. The quantitative estimate of drug-likeness (QED) is 0.478. The second-order valence-corrected chi connectivity index (χ2v) is 7.70. The third-order valence-electron chi connectivity index (χ3n) is 4.08. The molecule has 0 unspecified atom stereocenters. The van der Waals surface area contributed by atoms with E-state index in [0.29, 0.717) is 5.56 Å². The van der Waals surface area contributed by atoms with E-state index < -0.39 is 22.0 Å². The van der Waals surface area contributed by atoms with Crippen molar-refractivity contribution in [1.82, 2.24) is 0 Å². The number of anilines is 1. The van der Waals surface area contributed by atoms with E-state index in [-0.39, 0.29) is 33.2 Å². The van der Waals surface area contributed by atoms with Crippen molar-refractivity contribution < 1.29 is 37.3 Å². The van der Waals surface area contributed by atoms with Crippen molar-refractivity contribution in [3.63, 3.8) is 0 Å². The second kappa shape index (κ2) is 9.31. The summed E-state index contributed by atoms with van der Waals surface area (Å²) >= 11 is 0. The fraction of sp³-hybridized carbons (Fsp3) is 0.200. The van der Waals surface area contributed by atoms with Gasteiger partial charge in [0.15, 0.2) is 11.5 Å². The van der Waals surface area contributed by atoms with E-state index in [4.69, 9.17) is 14.6 Å². The molecule has 10 heteroatoms. The van der Waals surface area contributed by atoms with Crippen molar-refractivity contribution in [2.24, 2.45) is 0 Å². The van der Waals surface area contributed by atoms with Crippen molar-refractivity contribution in [2.75, 3.05) is 26.1 Å². The Bertz CT molecular complexity index is 1110. The predicted octanol–water partition coefficient (Wildman–Crippen LogP) is 2.70. The number of carboxylic acids is 1. The number of carbonyl (C=O) groups excluding carboxylic acids is 1. The highest BCUT2D eigenvalue weighted by Gasteiger charge is 2.25. The van der Waals surface area contributed by atoms with Crippen LogP contribution >= 0.6 is 0 Å². The van der Waals surface area contributed by atoms with Crippen LogP contribution in [0.5, 0.6) is 11.5 Å². The van der Waals surface area contributed by atoms with Gasteiger partial charge in [-0.2, -0.15) is 0 Å². The van der Waals surface area contributed by atoms with Crippen LogP contribution < -0.4 is 14.2 Å². The van der Waals surface area contributed by atoms with Crippen LogP contribution in [-0.2, 0) is 19.6 Å². The average Bonchev–Trinajstić information content (AvgIpc) is 2.72. The molecule has 2 aromatic carbocycles. The zero-order chi connectivity index (χ0) is 22.5. The Balaban J connectivity index is 2.60. The van der Waals surface area contributed by atoms with Crippen LogP contribution in [0, 0.1) is 6.92 Å². The van der Waals surface area contributed by atoms with Crippen LogP contribution in [0.3, 0.4) is 0 Å². The number of hydrogen-bond acceptors (Lipinski definition) is 7. The van der Waals surface area contributed by atoms with Gasteiger partial charge in [-0.3, -0.25) is 4.72 Å². The lowest BCUT2D eigenvalue weighted by Crippen LogP contribution is -2.16. The minimum absolute atomic E-state index is 0.0562. The van der Waals surface area contributed by atoms with E-state index >= 15 is 0 Å². The highest BCUT2D eigenvalue weighted by Crippen LogP contribution is 2.37. The molecular formula is C20H21NO8S. The number of rotatable bonds is 8. The predicted molar refractivity (Wildman–Crippen MR) is 110 cm³/mol. The Morgan fingerprint density at radius 3 is 2.33 bits per heavy atom. The van der Waals surface area contributed by atoms with Crippen molar-refractivity contribution in [3.8, 4) is 11.5 Å². The van der Waals surface area contributed by atoms with E-state index in [1.54, 1.807) is 13.0 Å². The summed E-state index contributed by atoms with van der Waals surface area (Å²) in [5.74, 6) is -1.76. The maximum atomic E-state index is 13.1. The third kappa shape index (κ3) is 5.09. The first-order chi connectivity index (χ1) is 14.1. The summed E-state index contributed by atoms with van der Waals surface area (Å²) in [4.78, 5) is 22.3. The van der Waals surface area contributed by atoms with E-state index in [2.05, 4.69) is 9.46 Å². The SMILES string of the molecule is COC(=O)c1ccc(C)c(NS(=O)(=O)c2cc(/C=C/C(=O)O)cc(OC)c2OC)c1. The highest BCUT2D eigenvalue weighted by molar-refractivity contribution is 7.92. The molecule has 0 heterocycles. The van der Waals surface area contributed by atoms with Crippen LogP contribution in [0.15, 0.2) is 41.3 Å². The molecule has 160 valence electrons. The summed E-state index contributed by atoms with van der Waals surface area (Å²) in [6.45, 7) is 1.67. The van der Waals surface area contributed by atoms with Crippen LogP contribution in [0.25, 0.3) is 6.08 Å². The summed E-state index contributed by atoms with van der Waals surface area (Å²) in [6, 6.07) is 7.15. The van der Waals surface area contributed by atoms with Crippen LogP contribution in [0.1, 0.15) is 21.5 Å². The molecule has 0 radical (unpaired) electrons. The Hall–Kier alpha value is -3.53. The molecule has 0 aliphatic carbocycles. The minimum atomic E-state index is -4.21. The molecule has 0 aromatic heterocycles. The molecular weight excluding hydrogens is 414 g/mol. The number of carbonyl (C=O) groups is 2. The van der Waals surface area contributed by atoms with Gasteiger partial charge >= 0.3 is 11.9 Å². The summed E-state index contributed by atoms with van der Waals surface area (Å²) < 4.78 is 43.8. The number of hydrogen-bond donors (Lipinski definition) is 2. The Kier molecular flexibility index (Phi) is 7.06. The summed E-state index contributed by atoms with van der Waals surface area (Å²) in [5, 5.41) is 8.84. The number of esters is 1. The van der Waals surface area contributed by atoms with E-state index in [1.807, 2.05) is 0 Å². The van der Waals surface area contributed by atoms with Gasteiger partial charge in [0, 0.05) is 6.08 Å². The third-order valence-corrected chi connectivity index (χ3v) is 5.45. The topological polar surface area (TPSA) is 128 Å². The van der Waals surface area contributed by atoms with Gasteiger partial charge in [-0.05, 0) is 48.4 Å². The molecule has 0 aliphatic rings. The van der Waals surface area contributed by atoms with Gasteiger partial charge in [0.25, 0.3) is 10.0 Å². The number of sulfonamides is 1. The molecule has 0 fully saturated rings. The zero-order valence-electron chi connectivity index (χ0n) is 16.8. The smallest absolute Gasteiger partial charge is 0.337 e. The van der Waals surface area contributed by atoms with E-state index in [1.165, 1.54) is 51.7 Å². The summed E-state index contributed by atoms with van der Waals surface area (Å²) in [7, 11) is -0.374. The van der Waals surface area contributed by atoms with Crippen LogP contribution in [-0.4, -0.2) is 46.8 Å². The lowest BCUT2D eigenvalue weighted by Gasteiger charge is -2.16.